The highest BCUT2D eigenvalue weighted by molar-refractivity contribution is 9.10. The van der Waals surface area contributed by atoms with Crippen molar-refractivity contribution in [1.82, 2.24) is 15.0 Å². The lowest BCUT2D eigenvalue weighted by Gasteiger charge is -2.06. The van der Waals surface area contributed by atoms with Crippen molar-refractivity contribution in [2.75, 3.05) is 17.7 Å². The van der Waals surface area contributed by atoms with Crippen LogP contribution in [0.4, 0.5) is 5.69 Å². The fourth-order valence-corrected chi connectivity index (χ4v) is 4.10. The van der Waals surface area contributed by atoms with Crippen molar-refractivity contribution >= 4 is 67.2 Å². The molecule has 2 heterocycles. The van der Waals surface area contributed by atoms with Gasteiger partial charge in [-0.1, -0.05) is 27.7 Å². The first kappa shape index (κ1) is 20.4. The minimum Gasteiger partial charge on any atom is -0.462 e. The Balaban J connectivity index is 1.44. The molecule has 0 atom stereocenters. The van der Waals surface area contributed by atoms with Crippen molar-refractivity contribution < 1.29 is 14.3 Å². The molecule has 30 heavy (non-hydrogen) atoms. The molecule has 1 amide bonds. The summed E-state index contributed by atoms with van der Waals surface area (Å²) >= 11 is 4.81. The van der Waals surface area contributed by atoms with Crippen molar-refractivity contribution in [3.8, 4) is 0 Å². The van der Waals surface area contributed by atoms with Crippen molar-refractivity contribution in [3.05, 3.63) is 58.8 Å². The Morgan fingerprint density at radius 3 is 2.73 bits per heavy atom. The maximum atomic E-state index is 12.4. The van der Waals surface area contributed by atoms with Crippen molar-refractivity contribution in [2.45, 2.75) is 11.9 Å². The number of rotatable bonds is 6. The van der Waals surface area contributed by atoms with Gasteiger partial charge in [0.2, 0.25) is 5.91 Å². The molecule has 9 heteroatoms. The van der Waals surface area contributed by atoms with Crippen LogP contribution in [-0.4, -0.2) is 39.2 Å². The molecule has 0 saturated carbocycles. The number of carbonyl (C=O) groups is 2. The second-order valence-electron chi connectivity index (χ2n) is 6.35. The number of thioether (sulfide) groups is 1. The van der Waals surface area contributed by atoms with Gasteiger partial charge < -0.3 is 15.0 Å². The number of hydrogen-bond donors (Lipinski definition) is 2. The van der Waals surface area contributed by atoms with Gasteiger partial charge in [0.05, 0.1) is 23.4 Å². The Bertz CT molecular complexity index is 1240. The van der Waals surface area contributed by atoms with Crippen molar-refractivity contribution in [2.24, 2.45) is 0 Å². The van der Waals surface area contributed by atoms with Crippen LogP contribution in [0, 0.1) is 0 Å². The van der Waals surface area contributed by atoms with E-state index in [2.05, 4.69) is 36.2 Å². The summed E-state index contributed by atoms with van der Waals surface area (Å²) in [4.78, 5) is 36.1. The largest absolute Gasteiger partial charge is 0.462 e. The van der Waals surface area contributed by atoms with Gasteiger partial charge in [0.15, 0.2) is 0 Å². The fraction of sp³-hybridized carbons (Fsp3) is 0.143. The zero-order chi connectivity index (χ0) is 21.1. The number of carbonyl (C=O) groups excluding carboxylic acids is 2. The van der Waals surface area contributed by atoms with Gasteiger partial charge in [-0.05, 0) is 49.4 Å². The minimum atomic E-state index is -0.385. The smallest absolute Gasteiger partial charge is 0.338 e. The number of benzene rings is 2. The number of nitrogens with zero attached hydrogens (tertiary/aromatic N) is 2. The monoisotopic (exact) mass is 484 g/mol. The predicted molar refractivity (Wildman–Crippen MR) is 121 cm³/mol. The highest BCUT2D eigenvalue weighted by Crippen LogP contribution is 2.31. The van der Waals surface area contributed by atoms with Crippen LogP contribution in [0.3, 0.4) is 0 Å². The Morgan fingerprint density at radius 1 is 1.17 bits per heavy atom. The molecule has 0 aliphatic heterocycles. The van der Waals surface area contributed by atoms with Gasteiger partial charge in [0.1, 0.15) is 16.9 Å². The molecule has 2 aromatic heterocycles. The summed E-state index contributed by atoms with van der Waals surface area (Å²) < 4.78 is 5.92. The predicted octanol–water partition coefficient (Wildman–Crippen LogP) is 4.78. The maximum absolute atomic E-state index is 12.4. The fourth-order valence-electron chi connectivity index (χ4n) is 2.99. The Kier molecular flexibility index (Phi) is 6.01. The van der Waals surface area contributed by atoms with Crippen LogP contribution in [0.1, 0.15) is 17.3 Å². The van der Waals surface area contributed by atoms with Crippen LogP contribution in [0.5, 0.6) is 0 Å². The summed E-state index contributed by atoms with van der Waals surface area (Å²) in [7, 11) is 0. The highest BCUT2D eigenvalue weighted by atomic mass is 79.9. The average molecular weight is 485 g/mol. The third-order valence-corrected chi connectivity index (χ3v) is 5.81. The number of hydrogen-bond acceptors (Lipinski definition) is 6. The number of nitrogens with one attached hydrogen (secondary N) is 2. The quantitative estimate of drug-likeness (QED) is 0.232. The van der Waals surface area contributed by atoms with E-state index >= 15 is 0 Å². The molecule has 2 N–H and O–H groups in total. The first-order valence-electron chi connectivity index (χ1n) is 9.17. The second kappa shape index (κ2) is 8.85. The number of aromatic nitrogens is 3. The van der Waals surface area contributed by atoms with E-state index < -0.39 is 0 Å². The molecule has 0 unspecified atom stereocenters. The zero-order valence-electron chi connectivity index (χ0n) is 15.9. The summed E-state index contributed by atoms with van der Waals surface area (Å²) in [6.45, 7) is 2.07. The molecule has 0 spiro atoms. The molecular formula is C21H17BrN4O3S. The van der Waals surface area contributed by atoms with Gasteiger partial charge in [-0.2, -0.15) is 0 Å². The van der Waals surface area contributed by atoms with Crippen LogP contribution in [-0.2, 0) is 9.53 Å². The van der Waals surface area contributed by atoms with E-state index in [9.17, 15) is 9.59 Å². The van der Waals surface area contributed by atoms with Crippen LogP contribution >= 0.6 is 27.7 Å². The number of amides is 1. The molecule has 0 radical (unpaired) electrons. The van der Waals surface area contributed by atoms with Crippen molar-refractivity contribution in [1.29, 1.82) is 0 Å². The molecule has 0 bridgehead atoms. The lowest BCUT2D eigenvalue weighted by Crippen LogP contribution is -2.14. The maximum Gasteiger partial charge on any atom is 0.338 e. The molecular weight excluding hydrogens is 468 g/mol. The molecule has 7 nitrogen and oxygen atoms in total. The Hall–Kier alpha value is -2.91. The summed E-state index contributed by atoms with van der Waals surface area (Å²) in [6.07, 6.45) is 1.50. The molecule has 4 rings (SSSR count). The number of fused-ring (bicyclic) bond motifs is 3. The molecule has 0 fully saturated rings. The molecule has 0 saturated heterocycles. The Morgan fingerprint density at radius 2 is 1.97 bits per heavy atom. The van der Waals surface area contributed by atoms with E-state index in [4.69, 9.17) is 4.74 Å². The van der Waals surface area contributed by atoms with Gasteiger partial charge >= 0.3 is 5.97 Å². The van der Waals surface area contributed by atoms with Crippen LogP contribution in [0.25, 0.3) is 21.9 Å². The van der Waals surface area contributed by atoms with E-state index in [0.717, 1.165) is 26.4 Å². The number of esters is 1. The molecule has 4 aromatic rings. The topological polar surface area (TPSA) is 97.0 Å². The minimum absolute atomic E-state index is 0.172. The standard InChI is InChI=1S/C21H17BrN4O3S/c1-2-29-21(28)12-3-6-14(7-4-12)25-17(27)10-30-20-19-18(23-11-24-20)15-9-13(22)5-8-16(15)26-19/h3-9,11,26H,2,10H2,1H3,(H,25,27). The zero-order valence-corrected chi connectivity index (χ0v) is 18.3. The molecule has 0 aliphatic carbocycles. The van der Waals surface area contributed by atoms with Crippen molar-refractivity contribution in [3.63, 3.8) is 0 Å². The molecule has 0 aliphatic rings. The SMILES string of the molecule is CCOC(=O)c1ccc(NC(=O)CSc2ncnc3c2[nH]c2ccc(Br)cc23)cc1. The first-order chi connectivity index (χ1) is 14.5. The van der Waals surface area contributed by atoms with Gasteiger partial charge in [-0.15, -0.1) is 0 Å². The lowest BCUT2D eigenvalue weighted by molar-refractivity contribution is -0.113. The highest BCUT2D eigenvalue weighted by Gasteiger charge is 2.13. The number of anilines is 1. The second-order valence-corrected chi connectivity index (χ2v) is 8.23. The normalized spacial score (nSPS) is 11.0. The third kappa shape index (κ3) is 4.31. The third-order valence-electron chi connectivity index (χ3n) is 4.33. The average Bonchev–Trinajstić information content (AvgIpc) is 3.11. The number of aromatic amines is 1. The van der Waals surface area contributed by atoms with E-state index in [1.807, 2.05) is 18.2 Å². The summed E-state index contributed by atoms with van der Waals surface area (Å²) in [5, 5.41) is 4.52. The van der Waals surface area contributed by atoms with Gasteiger partial charge in [-0.3, -0.25) is 4.79 Å². The van der Waals surface area contributed by atoms with E-state index in [-0.39, 0.29) is 17.6 Å². The van der Waals surface area contributed by atoms with E-state index in [0.29, 0.717) is 22.9 Å². The van der Waals surface area contributed by atoms with E-state index in [1.165, 1.54) is 18.1 Å². The van der Waals surface area contributed by atoms with Gasteiger partial charge in [0.25, 0.3) is 0 Å². The van der Waals surface area contributed by atoms with Gasteiger partial charge in [0, 0.05) is 21.1 Å². The molecule has 2 aromatic carbocycles. The number of halogens is 1. The van der Waals surface area contributed by atoms with Crippen LogP contribution < -0.4 is 5.32 Å². The van der Waals surface area contributed by atoms with E-state index in [1.54, 1.807) is 31.2 Å². The summed E-state index contributed by atoms with van der Waals surface area (Å²) in [6, 6.07) is 12.5. The number of H-pyrrole nitrogens is 1. The van der Waals surface area contributed by atoms with Crippen LogP contribution in [0.2, 0.25) is 0 Å². The number of ether oxygens (including phenoxy) is 1. The molecule has 152 valence electrons. The Labute approximate surface area is 184 Å². The first-order valence-corrected chi connectivity index (χ1v) is 10.9. The van der Waals surface area contributed by atoms with Gasteiger partial charge in [-0.25, -0.2) is 14.8 Å². The summed E-state index contributed by atoms with van der Waals surface area (Å²) in [5.41, 5.74) is 3.64. The summed E-state index contributed by atoms with van der Waals surface area (Å²) in [5.74, 6) is -0.372. The lowest BCUT2D eigenvalue weighted by atomic mass is 10.2. The van der Waals surface area contributed by atoms with Crippen LogP contribution in [0.15, 0.2) is 58.3 Å².